The fourth-order valence-corrected chi connectivity index (χ4v) is 7.95. The average molecular weight is 743 g/mol. The van der Waals surface area contributed by atoms with E-state index in [-0.39, 0.29) is 30.4 Å². The number of likely N-dealkylation sites (tertiary alicyclic amines) is 1. The number of ether oxygens (including phenoxy) is 3. The number of hydrogen-bond acceptors (Lipinski definition) is 8. The van der Waals surface area contributed by atoms with Crippen molar-refractivity contribution in [3.63, 3.8) is 0 Å². The largest absolute Gasteiger partial charge is 0.478 e. The van der Waals surface area contributed by atoms with Gasteiger partial charge >= 0.3 is 5.97 Å². The zero-order valence-corrected chi connectivity index (χ0v) is 30.6. The molecule has 1 N–H and O–H groups in total. The number of fused-ring (bicyclic) bond motifs is 1. The van der Waals surface area contributed by atoms with Gasteiger partial charge in [0.05, 0.1) is 35.9 Å². The Morgan fingerprint density at radius 1 is 1.02 bits per heavy atom. The van der Waals surface area contributed by atoms with Gasteiger partial charge in [0, 0.05) is 47.0 Å². The molecule has 0 amide bonds. The highest BCUT2D eigenvalue weighted by molar-refractivity contribution is 6.30. The van der Waals surface area contributed by atoms with Crippen LogP contribution >= 0.6 is 11.6 Å². The molecule has 0 saturated carbocycles. The fourth-order valence-electron chi connectivity index (χ4n) is 7.79. The van der Waals surface area contributed by atoms with E-state index in [0.717, 1.165) is 86.3 Å². The monoisotopic (exact) mass is 742 g/mol. The highest BCUT2D eigenvalue weighted by atomic mass is 35.5. The van der Waals surface area contributed by atoms with Crippen LogP contribution in [0.1, 0.15) is 90.7 Å². The van der Waals surface area contributed by atoms with E-state index in [2.05, 4.69) is 9.47 Å². The van der Waals surface area contributed by atoms with Gasteiger partial charge in [0.25, 0.3) is 0 Å². The summed E-state index contributed by atoms with van der Waals surface area (Å²) < 4.78 is 36.1. The van der Waals surface area contributed by atoms with Gasteiger partial charge < -0.3 is 23.9 Å². The van der Waals surface area contributed by atoms with Crippen molar-refractivity contribution in [2.75, 3.05) is 26.3 Å². The van der Waals surface area contributed by atoms with Crippen LogP contribution in [0, 0.1) is 5.82 Å². The lowest BCUT2D eigenvalue weighted by atomic mass is 9.93. The Balaban J connectivity index is 0.996. The molecule has 278 valence electrons. The zero-order valence-electron chi connectivity index (χ0n) is 29.8. The lowest BCUT2D eigenvalue weighted by Gasteiger charge is -2.32. The fraction of sp³-hybridized carbons (Fsp3) is 0.450. The number of carboxylic acids is 1. The van der Waals surface area contributed by atoms with Gasteiger partial charge in [0.15, 0.2) is 6.23 Å². The van der Waals surface area contributed by atoms with Gasteiger partial charge in [-0.25, -0.2) is 23.8 Å². The van der Waals surface area contributed by atoms with E-state index in [1.54, 1.807) is 22.9 Å². The maximum Gasteiger partial charge on any atom is 0.339 e. The van der Waals surface area contributed by atoms with E-state index in [0.29, 0.717) is 54.0 Å². The molecule has 8 rings (SSSR count). The molecule has 0 spiro atoms. The molecule has 0 aliphatic carbocycles. The molecule has 11 nitrogen and oxygen atoms in total. The quantitative estimate of drug-likeness (QED) is 0.137. The van der Waals surface area contributed by atoms with E-state index < -0.39 is 11.8 Å². The SMILES string of the molecule is CCc1c(C(=O)O)c(-c2ccc3c(c2)nc(CN2CCC(c4cccc(OCc5ccc(Cl)cc5F)n4)CC2)n3CC2CCO2)nn1C1CCCCO1. The predicted octanol–water partition coefficient (Wildman–Crippen LogP) is 7.79. The van der Waals surface area contributed by atoms with Crippen LogP contribution in [0.15, 0.2) is 54.6 Å². The zero-order chi connectivity index (χ0) is 36.5. The molecule has 0 bridgehead atoms. The van der Waals surface area contributed by atoms with E-state index in [9.17, 15) is 14.3 Å². The van der Waals surface area contributed by atoms with Gasteiger partial charge in [-0.15, -0.1) is 0 Å². The van der Waals surface area contributed by atoms with Crippen LogP contribution in [0.2, 0.25) is 5.02 Å². The Kier molecular flexibility index (Phi) is 10.5. The van der Waals surface area contributed by atoms with Crippen molar-refractivity contribution in [3.05, 3.63) is 93.8 Å². The maximum absolute atomic E-state index is 14.3. The molecule has 3 aliphatic heterocycles. The van der Waals surface area contributed by atoms with Crippen molar-refractivity contribution in [2.45, 2.75) is 89.8 Å². The van der Waals surface area contributed by atoms with E-state index in [1.807, 2.05) is 37.3 Å². The number of carboxylic acid groups (broad SMARTS) is 1. The molecule has 3 aliphatic rings. The average Bonchev–Trinajstić information content (AvgIpc) is 3.71. The lowest BCUT2D eigenvalue weighted by Crippen LogP contribution is -2.35. The minimum Gasteiger partial charge on any atom is -0.478 e. The highest BCUT2D eigenvalue weighted by Crippen LogP contribution is 2.34. The first kappa shape index (κ1) is 35.7. The second-order valence-corrected chi connectivity index (χ2v) is 14.6. The number of benzene rings is 2. The van der Waals surface area contributed by atoms with Crippen molar-refractivity contribution in [1.82, 2.24) is 29.2 Å². The minimum atomic E-state index is -0.987. The van der Waals surface area contributed by atoms with Crippen LogP contribution in [0.5, 0.6) is 5.88 Å². The molecule has 6 heterocycles. The Bertz CT molecular complexity index is 2100. The van der Waals surface area contributed by atoms with Crippen LogP contribution in [-0.2, 0) is 35.6 Å². The smallest absolute Gasteiger partial charge is 0.339 e. The summed E-state index contributed by atoms with van der Waals surface area (Å²) in [6.07, 6.45) is 6.13. The summed E-state index contributed by atoms with van der Waals surface area (Å²) in [5.41, 5.74) is 5.30. The van der Waals surface area contributed by atoms with Crippen LogP contribution in [-0.4, -0.2) is 72.7 Å². The number of imidazole rings is 1. The topological polar surface area (TPSA) is 117 Å². The molecule has 2 unspecified atom stereocenters. The van der Waals surface area contributed by atoms with Crippen LogP contribution in [0.3, 0.4) is 0 Å². The number of carbonyl (C=O) groups is 1. The van der Waals surface area contributed by atoms with Gasteiger partial charge in [0.2, 0.25) is 5.88 Å². The molecule has 3 aromatic heterocycles. The number of halogens is 2. The summed E-state index contributed by atoms with van der Waals surface area (Å²) in [6, 6.07) is 16.3. The van der Waals surface area contributed by atoms with E-state index >= 15 is 0 Å². The number of pyridine rings is 1. The first-order valence-electron chi connectivity index (χ1n) is 18.7. The van der Waals surface area contributed by atoms with Crippen molar-refractivity contribution in [1.29, 1.82) is 0 Å². The third-order valence-electron chi connectivity index (χ3n) is 10.8. The second-order valence-electron chi connectivity index (χ2n) is 14.2. The first-order valence-corrected chi connectivity index (χ1v) is 19.1. The highest BCUT2D eigenvalue weighted by Gasteiger charge is 2.30. The predicted molar refractivity (Wildman–Crippen MR) is 198 cm³/mol. The minimum absolute atomic E-state index is 0.0749. The Morgan fingerprint density at radius 3 is 2.58 bits per heavy atom. The number of hydrogen-bond donors (Lipinski definition) is 1. The molecule has 53 heavy (non-hydrogen) atoms. The van der Waals surface area contributed by atoms with Crippen molar-refractivity contribution < 1.29 is 28.5 Å². The molecule has 3 fully saturated rings. The van der Waals surface area contributed by atoms with Gasteiger partial charge in [-0.05, 0) is 88.4 Å². The number of rotatable bonds is 12. The third kappa shape index (κ3) is 7.55. The number of aromatic nitrogens is 5. The lowest BCUT2D eigenvalue weighted by molar-refractivity contribution is -0.0592. The second kappa shape index (κ2) is 15.5. The molecule has 13 heteroatoms. The van der Waals surface area contributed by atoms with Gasteiger partial charge in [-0.2, -0.15) is 5.10 Å². The summed E-state index contributed by atoms with van der Waals surface area (Å²) in [5.74, 6) is 0.328. The number of aromatic carboxylic acids is 1. The Hall–Kier alpha value is -4.36. The van der Waals surface area contributed by atoms with Crippen molar-refractivity contribution in [3.8, 4) is 17.1 Å². The maximum atomic E-state index is 14.3. The van der Waals surface area contributed by atoms with Crippen LogP contribution in [0.25, 0.3) is 22.3 Å². The molecule has 2 aromatic carbocycles. The van der Waals surface area contributed by atoms with Crippen molar-refractivity contribution in [2.24, 2.45) is 0 Å². The van der Waals surface area contributed by atoms with Gasteiger partial charge in [0.1, 0.15) is 29.5 Å². The normalized spacial score (nSPS) is 19.8. The molecule has 0 radical (unpaired) electrons. The number of nitrogens with zero attached hydrogens (tertiary/aromatic N) is 6. The first-order chi connectivity index (χ1) is 25.8. The molecular weight excluding hydrogens is 699 g/mol. The van der Waals surface area contributed by atoms with E-state index in [1.165, 1.54) is 6.07 Å². The summed E-state index contributed by atoms with van der Waals surface area (Å²) >= 11 is 5.89. The van der Waals surface area contributed by atoms with Gasteiger partial charge in [-0.1, -0.05) is 36.7 Å². The molecular formula is C40H44ClFN6O5. The summed E-state index contributed by atoms with van der Waals surface area (Å²) in [7, 11) is 0. The molecule has 3 saturated heterocycles. The summed E-state index contributed by atoms with van der Waals surface area (Å²) in [6.45, 7) is 6.61. The Morgan fingerprint density at radius 2 is 1.87 bits per heavy atom. The third-order valence-corrected chi connectivity index (χ3v) is 11.0. The summed E-state index contributed by atoms with van der Waals surface area (Å²) in [4.78, 5) is 25.0. The molecule has 5 aromatic rings. The Labute approximate surface area is 312 Å². The van der Waals surface area contributed by atoms with E-state index in [4.69, 9.17) is 40.9 Å². The van der Waals surface area contributed by atoms with Gasteiger partial charge in [-0.3, -0.25) is 4.90 Å². The standard InChI is InChI=1S/C40H44ClFN6O5/c1-2-33-38(40(49)50)39(45-48(33)37-8-3-4-18-52-37)26-10-12-34-32(20-26)43-35(47(34)22-29-15-19-51-29)23-46-16-13-25(14-17-46)31-6-5-7-36(44-31)53-24-27-9-11-28(41)21-30(27)42/h5-7,9-12,20-21,25,29,37H,2-4,8,13-19,22-24H2,1H3,(H,49,50). The summed E-state index contributed by atoms with van der Waals surface area (Å²) in [5, 5.41) is 15.6. The van der Waals surface area contributed by atoms with Crippen LogP contribution in [0.4, 0.5) is 4.39 Å². The number of piperidine rings is 1. The molecule has 2 atom stereocenters. The van der Waals surface area contributed by atoms with Crippen molar-refractivity contribution >= 4 is 28.6 Å². The van der Waals surface area contributed by atoms with Crippen LogP contribution < -0.4 is 4.74 Å².